The summed E-state index contributed by atoms with van der Waals surface area (Å²) >= 11 is 0. The van der Waals surface area contributed by atoms with E-state index in [1.807, 2.05) is 6.07 Å². The fourth-order valence-electron chi connectivity index (χ4n) is 1.39. The lowest BCUT2D eigenvalue weighted by Gasteiger charge is -2.06. The lowest BCUT2D eigenvalue weighted by molar-refractivity contribution is 0.0962. The second kappa shape index (κ2) is 7.47. The molecule has 0 aliphatic rings. The summed E-state index contributed by atoms with van der Waals surface area (Å²) in [6, 6.07) is 2.00. The zero-order valence-corrected chi connectivity index (χ0v) is 10.6. The molecule has 0 unspecified atom stereocenters. The van der Waals surface area contributed by atoms with E-state index in [0.29, 0.717) is 12.5 Å². The number of ether oxygens (including phenoxy) is 1. The molecule has 0 saturated carbocycles. The van der Waals surface area contributed by atoms with Crippen LogP contribution in [0.15, 0.2) is 16.7 Å². The molecular weight excluding hydrogens is 202 g/mol. The van der Waals surface area contributed by atoms with Gasteiger partial charge < -0.3 is 14.5 Å². The molecule has 1 rings (SSSR count). The maximum atomic E-state index is 5.59. The summed E-state index contributed by atoms with van der Waals surface area (Å²) in [5.41, 5.74) is 1.20. The molecule has 16 heavy (non-hydrogen) atoms. The molecule has 0 bridgehead atoms. The van der Waals surface area contributed by atoms with Crippen LogP contribution in [0.25, 0.3) is 0 Å². The fourth-order valence-corrected chi connectivity index (χ4v) is 1.39. The highest BCUT2D eigenvalue weighted by Gasteiger charge is 2.05. The first-order valence-electron chi connectivity index (χ1n) is 6.07. The molecule has 0 atom stereocenters. The van der Waals surface area contributed by atoms with Gasteiger partial charge in [-0.1, -0.05) is 20.8 Å². The predicted molar refractivity (Wildman–Crippen MR) is 65.2 cm³/mol. The van der Waals surface area contributed by atoms with Crippen LogP contribution in [0, 0.1) is 5.92 Å². The van der Waals surface area contributed by atoms with Crippen LogP contribution in [0.1, 0.15) is 38.5 Å². The normalized spacial score (nSPS) is 11.2. The Bertz CT molecular complexity index is 281. The summed E-state index contributed by atoms with van der Waals surface area (Å²) in [6.45, 7) is 9.72. The standard InChI is InChI=1S/C13H23NO2/c1-4-14-9-12-6-8-16-13(12)10-15-7-5-11(2)3/h6,8,11,14H,4-5,7,9-10H2,1-3H3. The molecule has 3 heteroatoms. The van der Waals surface area contributed by atoms with Gasteiger partial charge in [0.05, 0.1) is 6.26 Å². The molecule has 0 radical (unpaired) electrons. The summed E-state index contributed by atoms with van der Waals surface area (Å²) in [4.78, 5) is 0. The first-order valence-corrected chi connectivity index (χ1v) is 6.07. The van der Waals surface area contributed by atoms with Crippen molar-refractivity contribution in [1.82, 2.24) is 5.32 Å². The monoisotopic (exact) mass is 225 g/mol. The summed E-state index contributed by atoms with van der Waals surface area (Å²) < 4.78 is 11.0. The number of rotatable bonds is 8. The Morgan fingerprint density at radius 2 is 2.25 bits per heavy atom. The molecule has 0 spiro atoms. The molecule has 1 aromatic heterocycles. The van der Waals surface area contributed by atoms with Gasteiger partial charge in [0.25, 0.3) is 0 Å². The highest BCUT2D eigenvalue weighted by Crippen LogP contribution is 2.12. The molecule has 0 aliphatic heterocycles. The van der Waals surface area contributed by atoms with E-state index >= 15 is 0 Å². The van der Waals surface area contributed by atoms with Gasteiger partial charge in [-0.25, -0.2) is 0 Å². The highest BCUT2D eigenvalue weighted by molar-refractivity contribution is 5.15. The molecule has 1 aromatic rings. The van der Waals surface area contributed by atoms with Gasteiger partial charge in [-0.15, -0.1) is 0 Å². The molecule has 92 valence electrons. The minimum atomic E-state index is 0.584. The van der Waals surface area contributed by atoms with Gasteiger partial charge in [0.2, 0.25) is 0 Å². The minimum absolute atomic E-state index is 0.584. The van der Waals surface area contributed by atoms with Crippen LogP contribution >= 0.6 is 0 Å². The largest absolute Gasteiger partial charge is 0.467 e. The Kier molecular flexibility index (Phi) is 6.19. The Balaban J connectivity index is 2.27. The van der Waals surface area contributed by atoms with E-state index in [0.717, 1.165) is 31.9 Å². The lowest BCUT2D eigenvalue weighted by Crippen LogP contribution is -2.12. The molecular formula is C13H23NO2. The summed E-state index contributed by atoms with van der Waals surface area (Å²) in [6.07, 6.45) is 2.83. The zero-order valence-electron chi connectivity index (χ0n) is 10.6. The highest BCUT2D eigenvalue weighted by atomic mass is 16.5. The average molecular weight is 225 g/mol. The van der Waals surface area contributed by atoms with E-state index in [1.54, 1.807) is 6.26 Å². The molecule has 1 N–H and O–H groups in total. The Morgan fingerprint density at radius 3 is 2.94 bits per heavy atom. The molecule has 0 aliphatic carbocycles. The molecule has 0 amide bonds. The van der Waals surface area contributed by atoms with Crippen LogP contribution in [0.5, 0.6) is 0 Å². The molecule has 0 fully saturated rings. The molecule has 3 nitrogen and oxygen atoms in total. The van der Waals surface area contributed by atoms with Gasteiger partial charge in [-0.05, 0) is 24.9 Å². The van der Waals surface area contributed by atoms with Crippen molar-refractivity contribution in [3.05, 3.63) is 23.7 Å². The van der Waals surface area contributed by atoms with Crippen LogP contribution in [0.3, 0.4) is 0 Å². The van der Waals surface area contributed by atoms with Gasteiger partial charge in [0, 0.05) is 18.7 Å². The van der Waals surface area contributed by atoms with Gasteiger partial charge in [-0.3, -0.25) is 0 Å². The van der Waals surface area contributed by atoms with Crippen molar-refractivity contribution in [1.29, 1.82) is 0 Å². The maximum absolute atomic E-state index is 5.59. The first kappa shape index (κ1) is 13.3. The third-order valence-corrected chi connectivity index (χ3v) is 2.48. The Hall–Kier alpha value is -0.800. The lowest BCUT2D eigenvalue weighted by atomic mass is 10.1. The predicted octanol–water partition coefficient (Wildman–Crippen LogP) is 2.95. The van der Waals surface area contributed by atoms with Crippen LogP contribution in [0.2, 0.25) is 0 Å². The fraction of sp³-hybridized carbons (Fsp3) is 0.692. The topological polar surface area (TPSA) is 34.4 Å². The second-order valence-electron chi connectivity index (χ2n) is 4.38. The van der Waals surface area contributed by atoms with Gasteiger partial charge >= 0.3 is 0 Å². The third kappa shape index (κ3) is 4.81. The first-order chi connectivity index (χ1) is 7.74. The zero-order chi connectivity index (χ0) is 11.8. The number of hydrogen-bond acceptors (Lipinski definition) is 3. The van der Waals surface area contributed by atoms with E-state index in [4.69, 9.17) is 9.15 Å². The summed E-state index contributed by atoms with van der Waals surface area (Å²) in [5, 5.41) is 3.28. The Morgan fingerprint density at radius 1 is 1.44 bits per heavy atom. The van der Waals surface area contributed by atoms with Crippen molar-refractivity contribution in [2.45, 2.75) is 40.3 Å². The summed E-state index contributed by atoms with van der Waals surface area (Å²) in [5.74, 6) is 1.64. The molecule has 1 heterocycles. The van der Waals surface area contributed by atoms with Crippen LogP contribution in [-0.2, 0) is 17.9 Å². The van der Waals surface area contributed by atoms with Crippen molar-refractivity contribution < 1.29 is 9.15 Å². The van der Waals surface area contributed by atoms with Crippen LogP contribution in [0.4, 0.5) is 0 Å². The molecule has 0 saturated heterocycles. The van der Waals surface area contributed by atoms with Crippen molar-refractivity contribution in [3.8, 4) is 0 Å². The maximum Gasteiger partial charge on any atom is 0.133 e. The van der Waals surface area contributed by atoms with Crippen molar-refractivity contribution in [2.24, 2.45) is 5.92 Å². The third-order valence-electron chi connectivity index (χ3n) is 2.48. The van der Waals surface area contributed by atoms with Gasteiger partial charge in [0.1, 0.15) is 12.4 Å². The number of furan rings is 1. The average Bonchev–Trinajstić information content (AvgIpc) is 2.69. The van der Waals surface area contributed by atoms with Crippen molar-refractivity contribution >= 4 is 0 Å². The quantitative estimate of drug-likeness (QED) is 0.691. The summed E-state index contributed by atoms with van der Waals surface area (Å²) in [7, 11) is 0. The van der Waals surface area contributed by atoms with Crippen LogP contribution < -0.4 is 5.32 Å². The SMILES string of the molecule is CCNCc1ccoc1COCCC(C)C. The Labute approximate surface area is 98.2 Å². The van der Waals surface area contributed by atoms with Crippen LogP contribution in [-0.4, -0.2) is 13.2 Å². The number of nitrogens with one attached hydrogen (secondary N) is 1. The van der Waals surface area contributed by atoms with E-state index in [-0.39, 0.29) is 0 Å². The number of hydrogen-bond donors (Lipinski definition) is 1. The van der Waals surface area contributed by atoms with E-state index < -0.39 is 0 Å². The van der Waals surface area contributed by atoms with E-state index in [1.165, 1.54) is 5.56 Å². The second-order valence-corrected chi connectivity index (χ2v) is 4.38. The smallest absolute Gasteiger partial charge is 0.133 e. The van der Waals surface area contributed by atoms with E-state index in [9.17, 15) is 0 Å². The van der Waals surface area contributed by atoms with Gasteiger partial charge in [0.15, 0.2) is 0 Å². The van der Waals surface area contributed by atoms with Crippen molar-refractivity contribution in [3.63, 3.8) is 0 Å². The van der Waals surface area contributed by atoms with E-state index in [2.05, 4.69) is 26.1 Å². The minimum Gasteiger partial charge on any atom is -0.467 e. The molecule has 0 aromatic carbocycles. The van der Waals surface area contributed by atoms with Crippen molar-refractivity contribution in [2.75, 3.05) is 13.2 Å². The van der Waals surface area contributed by atoms with Gasteiger partial charge in [-0.2, -0.15) is 0 Å².